The molecule has 0 aliphatic carbocycles. The largest absolute Gasteiger partial charge is 0.505 e. The summed E-state index contributed by atoms with van der Waals surface area (Å²) < 4.78 is 0. The number of azo groups is 2. The minimum absolute atomic E-state index is 0.0661. The van der Waals surface area contributed by atoms with E-state index in [1.807, 2.05) is 152 Å². The van der Waals surface area contributed by atoms with E-state index in [1.165, 1.54) is 0 Å². The van der Waals surface area contributed by atoms with E-state index in [2.05, 4.69) is 51.0 Å². The molecule has 0 saturated carbocycles. The van der Waals surface area contributed by atoms with E-state index in [-0.39, 0.29) is 47.4 Å². The van der Waals surface area contributed by atoms with Gasteiger partial charge >= 0.3 is 11.4 Å². The smallest absolute Gasteiger partial charge is 0.351 e. The number of hydrogen-bond acceptors (Lipinski definition) is 16. The highest BCUT2D eigenvalue weighted by Crippen LogP contribution is 2.45. The lowest BCUT2D eigenvalue weighted by Crippen LogP contribution is -2.58. The Hall–Kier alpha value is -8.54. The molecule has 2 atom stereocenters. The Morgan fingerprint density at radius 2 is 0.914 bits per heavy atom. The molecule has 8 aromatic rings. The number of rotatable bonds is 10. The molecule has 18 heteroatoms. The molecule has 2 aromatic heterocycles. The van der Waals surface area contributed by atoms with Crippen LogP contribution < -0.4 is 31.8 Å². The van der Waals surface area contributed by atoms with Crippen LogP contribution in [0.25, 0.3) is 21.5 Å². The van der Waals surface area contributed by atoms with Crippen molar-refractivity contribution >= 4 is 79.5 Å². The fourth-order valence-corrected chi connectivity index (χ4v) is 8.97. The van der Waals surface area contributed by atoms with Crippen LogP contribution >= 0.6 is 0 Å². The van der Waals surface area contributed by atoms with Crippen molar-refractivity contribution in [2.24, 2.45) is 20.5 Å². The van der Waals surface area contributed by atoms with Gasteiger partial charge in [-0.25, -0.2) is 9.59 Å². The number of aryl methyl sites for hydroxylation is 8. The molecule has 0 radical (unpaired) electrons. The molecule has 18 nitrogen and oxygen atoms in total. The first kappa shape index (κ1) is 46.6. The zero-order valence-electron chi connectivity index (χ0n) is 40.7. The van der Waals surface area contributed by atoms with Crippen LogP contribution in [0.1, 0.15) is 58.4 Å². The average molecular weight is 939 g/mol. The summed E-state index contributed by atoms with van der Waals surface area (Å²) >= 11 is 0. The molecule has 1 aliphatic rings. The Kier molecular flexibility index (Phi) is 12.3. The van der Waals surface area contributed by atoms with Crippen LogP contribution in [0.15, 0.2) is 103 Å². The number of benzene rings is 6. The van der Waals surface area contributed by atoms with Crippen molar-refractivity contribution in [3.05, 3.63) is 138 Å². The molecule has 0 spiro atoms. The lowest BCUT2D eigenvalue weighted by Gasteiger charge is -2.43. The van der Waals surface area contributed by atoms with E-state index >= 15 is 0 Å². The summed E-state index contributed by atoms with van der Waals surface area (Å²) in [5.41, 5.74) is 9.13. The molecule has 356 valence electrons. The van der Waals surface area contributed by atoms with Gasteiger partial charge in [-0.15, -0.1) is 10.2 Å². The number of aromatic amines is 2. The molecule has 1 saturated heterocycles. The Morgan fingerprint density at radius 1 is 0.514 bits per heavy atom. The number of aromatic hydroxyl groups is 2. The summed E-state index contributed by atoms with van der Waals surface area (Å²) in [6, 6.07) is 22.9. The zero-order valence-corrected chi connectivity index (χ0v) is 40.7. The van der Waals surface area contributed by atoms with E-state index in [0.717, 1.165) is 55.3 Å². The Labute approximate surface area is 403 Å². The highest BCUT2D eigenvalue weighted by atomic mass is 16.3. The number of phenolic OH excluding ortho intramolecular Hbond substituents is 2. The lowest BCUT2D eigenvalue weighted by atomic mass is 10.0. The first-order valence-corrected chi connectivity index (χ1v) is 22.9. The molecular weight excluding hydrogens is 885 g/mol. The number of nitrogens with one attached hydrogen (secondary N) is 4. The number of piperazine rings is 1. The van der Waals surface area contributed by atoms with Crippen LogP contribution in [0, 0.1) is 55.4 Å². The van der Waals surface area contributed by atoms with Crippen molar-refractivity contribution in [2.75, 3.05) is 33.5 Å². The first-order chi connectivity index (χ1) is 33.4. The van der Waals surface area contributed by atoms with Crippen molar-refractivity contribution in [1.82, 2.24) is 29.9 Å². The van der Waals surface area contributed by atoms with Crippen molar-refractivity contribution < 1.29 is 10.2 Å². The van der Waals surface area contributed by atoms with E-state index in [1.54, 1.807) is 0 Å². The molecule has 1 aliphatic heterocycles. The average Bonchev–Trinajstić information content (AvgIpc) is 3.28. The van der Waals surface area contributed by atoms with E-state index < -0.39 is 11.4 Å². The number of nitrogens with zero attached hydrogens (tertiary/aromatic N) is 10. The third-order valence-electron chi connectivity index (χ3n) is 12.6. The van der Waals surface area contributed by atoms with Gasteiger partial charge in [0.15, 0.2) is 11.5 Å². The number of anilines is 6. The van der Waals surface area contributed by atoms with Crippen LogP contribution in [-0.2, 0) is 0 Å². The highest BCUT2D eigenvalue weighted by Gasteiger charge is 2.33. The highest BCUT2D eigenvalue weighted by molar-refractivity contribution is 6.04. The van der Waals surface area contributed by atoms with Gasteiger partial charge in [-0.1, -0.05) is 36.4 Å². The predicted octanol–water partition coefficient (Wildman–Crippen LogP) is 11.2. The molecule has 6 aromatic carbocycles. The standard InChI is InChI=1S/C52H54N14O4/c1-25-11-13-29(5)37(17-25)61-63-43-31(7)21-35-15-27(3)19-39(41(35)45(43)67)53-47-55-49(59-51(69)57-47)65-23-34(10)66(24-33(65)9)50-56-48(58-52(70)60-50)54-40-20-28(4)16-36-22-32(8)44(46(68)42(36)40)64-62-38-18-26(2)12-14-30(38)6/h11-22,33-34,67-68H,23-24H2,1-10H3,(H2,53,55,57,59,69)(H2,54,56,58,60,70). The van der Waals surface area contributed by atoms with Gasteiger partial charge in [0.25, 0.3) is 0 Å². The number of hydrogen-bond donors (Lipinski definition) is 6. The molecule has 2 unspecified atom stereocenters. The summed E-state index contributed by atoms with van der Waals surface area (Å²) in [6.07, 6.45) is 0. The van der Waals surface area contributed by atoms with Gasteiger partial charge < -0.3 is 30.6 Å². The van der Waals surface area contributed by atoms with Crippen molar-refractivity contribution in [3.8, 4) is 11.5 Å². The summed E-state index contributed by atoms with van der Waals surface area (Å²) in [5.74, 6) is 0.491. The molecule has 0 amide bonds. The maximum Gasteiger partial charge on any atom is 0.351 e. The molecule has 70 heavy (non-hydrogen) atoms. The van der Waals surface area contributed by atoms with Gasteiger partial charge in [-0.2, -0.15) is 30.2 Å². The van der Waals surface area contributed by atoms with Gasteiger partial charge in [0.05, 0.1) is 22.7 Å². The van der Waals surface area contributed by atoms with Crippen LogP contribution in [-0.4, -0.2) is 65.3 Å². The maximum atomic E-state index is 13.2. The summed E-state index contributed by atoms with van der Waals surface area (Å²) in [6.45, 7) is 20.1. The van der Waals surface area contributed by atoms with Gasteiger partial charge in [0.2, 0.25) is 23.8 Å². The minimum atomic E-state index is -0.620. The van der Waals surface area contributed by atoms with E-state index in [9.17, 15) is 19.8 Å². The van der Waals surface area contributed by atoms with Crippen molar-refractivity contribution in [1.29, 1.82) is 0 Å². The third kappa shape index (κ3) is 9.35. The van der Waals surface area contributed by atoms with E-state index in [4.69, 9.17) is 9.97 Å². The van der Waals surface area contributed by atoms with Crippen LogP contribution in [0.5, 0.6) is 11.5 Å². The first-order valence-electron chi connectivity index (χ1n) is 22.9. The van der Waals surface area contributed by atoms with E-state index in [0.29, 0.717) is 58.0 Å². The summed E-state index contributed by atoms with van der Waals surface area (Å²) in [7, 11) is 0. The third-order valence-corrected chi connectivity index (χ3v) is 12.6. The molecule has 0 bridgehead atoms. The normalized spacial score (nSPS) is 15.2. The Balaban J connectivity index is 0.976. The number of aromatic nitrogens is 6. The topological polar surface area (TPSA) is 238 Å². The fraction of sp³-hybridized carbons (Fsp3) is 0.269. The van der Waals surface area contributed by atoms with Gasteiger partial charge in [0, 0.05) is 35.9 Å². The maximum absolute atomic E-state index is 13.2. The molecule has 9 rings (SSSR count). The second kappa shape index (κ2) is 18.5. The minimum Gasteiger partial charge on any atom is -0.505 e. The van der Waals surface area contributed by atoms with Crippen LogP contribution in [0.3, 0.4) is 0 Å². The van der Waals surface area contributed by atoms with Gasteiger partial charge in [-0.05, 0) is 161 Å². The lowest BCUT2D eigenvalue weighted by molar-refractivity contribution is 0.465. The summed E-state index contributed by atoms with van der Waals surface area (Å²) in [5, 5.41) is 50.5. The van der Waals surface area contributed by atoms with Crippen molar-refractivity contribution in [3.63, 3.8) is 0 Å². The predicted molar refractivity (Wildman–Crippen MR) is 276 cm³/mol. The monoisotopic (exact) mass is 938 g/mol. The van der Waals surface area contributed by atoms with Gasteiger partial charge in [-0.3, -0.25) is 9.97 Å². The fourth-order valence-electron chi connectivity index (χ4n) is 8.97. The van der Waals surface area contributed by atoms with Crippen molar-refractivity contribution in [2.45, 2.75) is 81.3 Å². The number of phenols is 2. The summed E-state index contributed by atoms with van der Waals surface area (Å²) in [4.78, 5) is 53.8. The molecule has 3 heterocycles. The molecule has 1 fully saturated rings. The van der Waals surface area contributed by atoms with Gasteiger partial charge in [0.1, 0.15) is 11.4 Å². The zero-order chi connectivity index (χ0) is 49.7. The number of H-pyrrole nitrogens is 2. The number of fused-ring (bicyclic) bond motifs is 2. The second-order valence-electron chi connectivity index (χ2n) is 18.4. The SMILES string of the molecule is Cc1ccc(C)c(N=Nc2c(C)cc3cc(C)cc(Nc4nc(N5CC(C)N(c6nc(Nc7cc(C)cc8cc(C)c(N=Nc9cc(C)ccc9C)c(O)c78)[nH]c(=O)n6)CC5C)nc(=O)[nH]4)c3c2O)c1. The Morgan fingerprint density at radius 3 is 1.31 bits per heavy atom. The quantitative estimate of drug-likeness (QED) is 0.0702. The Bertz CT molecular complexity index is 3350. The molecular formula is C52H54N14O4. The second-order valence-corrected chi connectivity index (χ2v) is 18.4. The van der Waals surface area contributed by atoms with Crippen LogP contribution in [0.4, 0.5) is 57.9 Å². The van der Waals surface area contributed by atoms with Crippen LogP contribution in [0.2, 0.25) is 0 Å². The molecule has 6 N–H and O–H groups in total.